The molecule has 2 saturated heterocycles. The highest BCUT2D eigenvalue weighted by Crippen LogP contribution is 2.32. The molecule has 0 aromatic heterocycles. The SMILES string of the molecule is COc1cc(CN2CC[C@@](N)(C(=O)O)C2)ccc1N1CCCC1. The van der Waals surface area contributed by atoms with Crippen molar-refractivity contribution in [1.29, 1.82) is 0 Å². The normalized spacial score (nSPS) is 25.0. The molecule has 2 aliphatic rings. The first-order valence-corrected chi connectivity index (χ1v) is 8.18. The second-order valence-electron chi connectivity index (χ2n) is 6.62. The van der Waals surface area contributed by atoms with Crippen molar-refractivity contribution in [2.24, 2.45) is 5.73 Å². The summed E-state index contributed by atoms with van der Waals surface area (Å²) in [6.07, 6.45) is 2.95. The number of nitrogens with two attached hydrogens (primary N) is 1. The van der Waals surface area contributed by atoms with Crippen LogP contribution in [0.25, 0.3) is 0 Å². The molecule has 0 radical (unpaired) electrons. The van der Waals surface area contributed by atoms with Crippen molar-refractivity contribution in [3.63, 3.8) is 0 Å². The van der Waals surface area contributed by atoms with Crippen LogP contribution < -0.4 is 15.4 Å². The molecule has 23 heavy (non-hydrogen) atoms. The Hall–Kier alpha value is -1.79. The Morgan fingerprint density at radius 3 is 2.70 bits per heavy atom. The third-order valence-electron chi connectivity index (χ3n) is 4.90. The first kappa shape index (κ1) is 16.1. The zero-order chi connectivity index (χ0) is 16.4. The first-order valence-electron chi connectivity index (χ1n) is 8.18. The van der Waals surface area contributed by atoms with E-state index in [1.165, 1.54) is 12.8 Å². The summed E-state index contributed by atoms with van der Waals surface area (Å²) < 4.78 is 5.56. The molecule has 0 aliphatic carbocycles. The lowest BCUT2D eigenvalue weighted by atomic mass is 10.0. The molecule has 3 rings (SSSR count). The van der Waals surface area contributed by atoms with E-state index < -0.39 is 11.5 Å². The number of anilines is 1. The number of methoxy groups -OCH3 is 1. The van der Waals surface area contributed by atoms with E-state index in [0.29, 0.717) is 26.1 Å². The fourth-order valence-corrected chi connectivity index (χ4v) is 3.52. The molecule has 0 saturated carbocycles. The number of aliphatic carboxylic acids is 1. The molecule has 0 bridgehead atoms. The Morgan fingerprint density at radius 2 is 2.09 bits per heavy atom. The van der Waals surface area contributed by atoms with E-state index in [1.54, 1.807) is 7.11 Å². The van der Waals surface area contributed by atoms with Crippen molar-refractivity contribution < 1.29 is 14.6 Å². The predicted molar refractivity (Wildman–Crippen MR) is 88.9 cm³/mol. The highest BCUT2D eigenvalue weighted by atomic mass is 16.5. The molecule has 0 spiro atoms. The van der Waals surface area contributed by atoms with Gasteiger partial charge in [-0.3, -0.25) is 9.69 Å². The number of rotatable bonds is 5. The minimum atomic E-state index is -1.11. The molecule has 1 atom stereocenters. The maximum atomic E-state index is 11.2. The van der Waals surface area contributed by atoms with E-state index in [0.717, 1.165) is 30.1 Å². The van der Waals surface area contributed by atoms with Gasteiger partial charge in [0.15, 0.2) is 0 Å². The average molecular weight is 319 g/mol. The van der Waals surface area contributed by atoms with Crippen molar-refractivity contribution in [2.75, 3.05) is 38.2 Å². The zero-order valence-electron chi connectivity index (χ0n) is 13.6. The third-order valence-corrected chi connectivity index (χ3v) is 4.90. The van der Waals surface area contributed by atoms with Gasteiger partial charge in [0.2, 0.25) is 0 Å². The average Bonchev–Trinajstić information content (AvgIpc) is 3.18. The van der Waals surface area contributed by atoms with Gasteiger partial charge < -0.3 is 20.5 Å². The fourth-order valence-electron chi connectivity index (χ4n) is 3.52. The summed E-state index contributed by atoms with van der Waals surface area (Å²) in [7, 11) is 1.70. The van der Waals surface area contributed by atoms with Gasteiger partial charge in [0.25, 0.3) is 0 Å². The number of benzene rings is 1. The summed E-state index contributed by atoms with van der Waals surface area (Å²) in [4.78, 5) is 15.7. The zero-order valence-corrected chi connectivity index (χ0v) is 13.6. The van der Waals surface area contributed by atoms with Crippen molar-refractivity contribution in [3.8, 4) is 5.75 Å². The van der Waals surface area contributed by atoms with Crippen molar-refractivity contribution in [1.82, 2.24) is 4.90 Å². The molecule has 0 amide bonds. The summed E-state index contributed by atoms with van der Waals surface area (Å²) in [6.45, 7) is 3.95. The van der Waals surface area contributed by atoms with E-state index in [9.17, 15) is 9.90 Å². The largest absolute Gasteiger partial charge is 0.495 e. The van der Waals surface area contributed by atoms with Crippen LogP contribution in [0.1, 0.15) is 24.8 Å². The van der Waals surface area contributed by atoms with E-state index in [1.807, 2.05) is 0 Å². The molecule has 6 nitrogen and oxygen atoms in total. The molecule has 6 heteroatoms. The molecule has 2 fully saturated rings. The molecule has 1 aromatic carbocycles. The molecule has 2 heterocycles. The lowest BCUT2D eigenvalue weighted by Crippen LogP contribution is -2.50. The second kappa shape index (κ2) is 6.37. The Bertz CT molecular complexity index is 586. The van der Waals surface area contributed by atoms with Gasteiger partial charge in [0.1, 0.15) is 11.3 Å². The van der Waals surface area contributed by atoms with E-state index in [2.05, 4.69) is 28.0 Å². The van der Waals surface area contributed by atoms with Crippen LogP contribution in [-0.2, 0) is 11.3 Å². The van der Waals surface area contributed by atoms with Gasteiger partial charge in [0.05, 0.1) is 12.8 Å². The van der Waals surface area contributed by atoms with Gasteiger partial charge in [0, 0.05) is 32.7 Å². The van der Waals surface area contributed by atoms with E-state index in [4.69, 9.17) is 10.5 Å². The van der Waals surface area contributed by atoms with Gasteiger partial charge in [-0.1, -0.05) is 6.07 Å². The molecule has 3 N–H and O–H groups in total. The summed E-state index contributed by atoms with van der Waals surface area (Å²) >= 11 is 0. The lowest BCUT2D eigenvalue weighted by molar-refractivity contribution is -0.142. The maximum Gasteiger partial charge on any atom is 0.325 e. The van der Waals surface area contributed by atoms with Crippen LogP contribution in [0.4, 0.5) is 5.69 Å². The Labute approximate surface area is 136 Å². The predicted octanol–water partition coefficient (Wildman–Crippen LogP) is 1.28. The third kappa shape index (κ3) is 3.28. The molecular formula is C17H25N3O3. The van der Waals surface area contributed by atoms with Crippen LogP contribution in [0.2, 0.25) is 0 Å². The van der Waals surface area contributed by atoms with Gasteiger partial charge in [-0.05, 0) is 37.0 Å². The second-order valence-corrected chi connectivity index (χ2v) is 6.62. The summed E-state index contributed by atoms with van der Waals surface area (Å²) in [5.74, 6) is -0.0252. The molecule has 126 valence electrons. The van der Waals surface area contributed by atoms with Crippen molar-refractivity contribution in [3.05, 3.63) is 23.8 Å². The number of ether oxygens (including phenoxy) is 1. The van der Waals surface area contributed by atoms with Crippen LogP contribution in [0.15, 0.2) is 18.2 Å². The van der Waals surface area contributed by atoms with Gasteiger partial charge in [-0.25, -0.2) is 0 Å². The number of carbonyl (C=O) groups is 1. The quantitative estimate of drug-likeness (QED) is 0.851. The summed E-state index contributed by atoms with van der Waals surface area (Å²) in [6, 6.07) is 6.28. The Morgan fingerprint density at radius 1 is 1.35 bits per heavy atom. The molecular weight excluding hydrogens is 294 g/mol. The molecule has 2 aliphatic heterocycles. The van der Waals surface area contributed by atoms with E-state index in [-0.39, 0.29) is 0 Å². The van der Waals surface area contributed by atoms with Crippen LogP contribution >= 0.6 is 0 Å². The fraction of sp³-hybridized carbons (Fsp3) is 0.588. The molecule has 1 aromatic rings. The highest BCUT2D eigenvalue weighted by Gasteiger charge is 2.41. The van der Waals surface area contributed by atoms with Gasteiger partial charge >= 0.3 is 5.97 Å². The smallest absolute Gasteiger partial charge is 0.325 e. The maximum absolute atomic E-state index is 11.2. The van der Waals surface area contributed by atoms with Crippen LogP contribution in [0.3, 0.4) is 0 Å². The van der Waals surface area contributed by atoms with E-state index >= 15 is 0 Å². The standard InChI is InChI=1S/C17H25N3O3/c1-23-15-10-13(4-5-14(15)20-7-2-3-8-20)11-19-9-6-17(18,12-19)16(21)22/h4-5,10H,2-3,6-9,11-12,18H2,1H3,(H,21,22)/t17-/m0/s1. The van der Waals surface area contributed by atoms with Crippen LogP contribution in [0.5, 0.6) is 5.75 Å². The monoisotopic (exact) mass is 319 g/mol. The van der Waals surface area contributed by atoms with Crippen LogP contribution in [-0.4, -0.2) is 54.8 Å². The van der Waals surface area contributed by atoms with Crippen molar-refractivity contribution in [2.45, 2.75) is 31.3 Å². The summed E-state index contributed by atoms with van der Waals surface area (Å²) in [5, 5.41) is 9.22. The van der Waals surface area contributed by atoms with Gasteiger partial charge in [-0.15, -0.1) is 0 Å². The number of carboxylic acid groups (broad SMARTS) is 1. The number of hydrogen-bond acceptors (Lipinski definition) is 5. The Kier molecular flexibility index (Phi) is 4.46. The van der Waals surface area contributed by atoms with Gasteiger partial charge in [-0.2, -0.15) is 0 Å². The number of carboxylic acids is 1. The Balaban J connectivity index is 1.70. The minimum absolute atomic E-state index is 0.387. The van der Waals surface area contributed by atoms with Crippen LogP contribution in [0, 0.1) is 0 Å². The summed E-state index contributed by atoms with van der Waals surface area (Å²) in [5.41, 5.74) is 7.10. The molecule has 0 unspecified atom stereocenters. The highest BCUT2D eigenvalue weighted by molar-refractivity contribution is 5.79. The topological polar surface area (TPSA) is 79.0 Å². The van der Waals surface area contributed by atoms with Crippen molar-refractivity contribution >= 4 is 11.7 Å². The number of likely N-dealkylation sites (tertiary alicyclic amines) is 1. The lowest BCUT2D eigenvalue weighted by Gasteiger charge is -2.23. The first-order chi connectivity index (χ1) is 11.0. The number of nitrogens with zero attached hydrogens (tertiary/aromatic N) is 2. The minimum Gasteiger partial charge on any atom is -0.495 e. The number of hydrogen-bond donors (Lipinski definition) is 2.